The van der Waals surface area contributed by atoms with Gasteiger partial charge in [-0.05, 0) is 43.2 Å². The van der Waals surface area contributed by atoms with E-state index in [1.807, 2.05) is 6.07 Å². The second kappa shape index (κ2) is 7.12. The van der Waals surface area contributed by atoms with E-state index in [-0.39, 0.29) is 10.8 Å². The Morgan fingerprint density at radius 3 is 2.54 bits per heavy atom. The van der Waals surface area contributed by atoms with Crippen LogP contribution in [0.2, 0.25) is 0 Å². The second-order valence-electron chi connectivity index (χ2n) is 6.68. The molecule has 1 aliphatic carbocycles. The summed E-state index contributed by atoms with van der Waals surface area (Å²) < 4.78 is 29.5. The molecule has 144 valence electrons. The number of hydrogen-bond acceptors (Lipinski definition) is 4. The Labute approximate surface area is 163 Å². The molecule has 0 radical (unpaired) electrons. The van der Waals surface area contributed by atoms with E-state index >= 15 is 0 Å². The van der Waals surface area contributed by atoms with Gasteiger partial charge in [-0.3, -0.25) is 9.52 Å². The Bertz CT molecular complexity index is 1120. The first-order valence-corrected chi connectivity index (χ1v) is 10.5. The van der Waals surface area contributed by atoms with E-state index < -0.39 is 10.0 Å². The minimum atomic E-state index is -3.68. The highest BCUT2D eigenvalue weighted by Gasteiger charge is 2.32. The number of nitrogens with one attached hydrogen (secondary N) is 2. The van der Waals surface area contributed by atoms with Gasteiger partial charge in [0.25, 0.3) is 15.9 Å². The van der Waals surface area contributed by atoms with Crippen LogP contribution >= 0.6 is 0 Å². The van der Waals surface area contributed by atoms with E-state index in [4.69, 9.17) is 0 Å². The zero-order valence-electron chi connectivity index (χ0n) is 15.3. The summed E-state index contributed by atoms with van der Waals surface area (Å²) in [6.07, 6.45) is 3.58. The first kappa shape index (κ1) is 18.2. The van der Waals surface area contributed by atoms with Gasteiger partial charge in [-0.15, -0.1) is 0 Å². The van der Waals surface area contributed by atoms with Crippen LogP contribution in [0.4, 0.5) is 5.69 Å². The van der Waals surface area contributed by atoms with Crippen LogP contribution in [-0.2, 0) is 10.0 Å². The van der Waals surface area contributed by atoms with Gasteiger partial charge in [0.15, 0.2) is 0 Å². The van der Waals surface area contributed by atoms with Crippen molar-refractivity contribution < 1.29 is 13.2 Å². The summed E-state index contributed by atoms with van der Waals surface area (Å²) in [7, 11) is -2.09. The molecule has 4 rings (SSSR count). The highest BCUT2D eigenvalue weighted by molar-refractivity contribution is 7.92. The van der Waals surface area contributed by atoms with Crippen molar-refractivity contribution in [2.45, 2.75) is 23.7 Å². The Balaban J connectivity index is 1.69. The molecule has 1 heterocycles. The maximum Gasteiger partial charge on any atom is 0.261 e. The highest BCUT2D eigenvalue weighted by Crippen LogP contribution is 2.42. The van der Waals surface area contributed by atoms with Crippen LogP contribution in [0.3, 0.4) is 0 Å². The maximum absolute atomic E-state index is 12.6. The molecular formula is C20H20N4O3S. The summed E-state index contributed by atoms with van der Waals surface area (Å²) in [5, 5.41) is 7.04. The fourth-order valence-electron chi connectivity index (χ4n) is 3.14. The lowest BCUT2D eigenvalue weighted by atomic mass is 10.1. The van der Waals surface area contributed by atoms with Crippen molar-refractivity contribution in [3.63, 3.8) is 0 Å². The number of rotatable bonds is 6. The molecule has 3 aromatic rings. The van der Waals surface area contributed by atoms with Gasteiger partial charge in [0.1, 0.15) is 0 Å². The number of nitrogens with zero attached hydrogens (tertiary/aromatic N) is 2. The smallest absolute Gasteiger partial charge is 0.261 e. The van der Waals surface area contributed by atoms with E-state index in [1.54, 1.807) is 66.5 Å². The van der Waals surface area contributed by atoms with E-state index in [1.165, 1.54) is 0 Å². The molecule has 1 saturated carbocycles. The van der Waals surface area contributed by atoms with Crippen molar-refractivity contribution in [2.24, 2.45) is 0 Å². The van der Waals surface area contributed by atoms with Crippen LogP contribution in [0.1, 0.15) is 34.8 Å². The molecule has 0 unspecified atom stereocenters. The van der Waals surface area contributed by atoms with Crippen LogP contribution in [0.25, 0.3) is 5.69 Å². The van der Waals surface area contributed by atoms with Crippen LogP contribution in [0.15, 0.2) is 65.7 Å². The van der Waals surface area contributed by atoms with Gasteiger partial charge in [-0.2, -0.15) is 5.10 Å². The van der Waals surface area contributed by atoms with Gasteiger partial charge in [0.2, 0.25) is 0 Å². The lowest BCUT2D eigenvalue weighted by Gasteiger charge is -2.12. The quantitative estimate of drug-likeness (QED) is 0.670. The number of anilines is 1. The number of amides is 1. The maximum atomic E-state index is 12.6. The lowest BCUT2D eigenvalue weighted by Crippen LogP contribution is -2.19. The zero-order valence-corrected chi connectivity index (χ0v) is 16.1. The minimum Gasteiger partial charge on any atom is -0.355 e. The topological polar surface area (TPSA) is 93.1 Å². The fourth-order valence-corrected chi connectivity index (χ4v) is 4.21. The predicted octanol–water partition coefficient (Wildman–Crippen LogP) is 2.91. The number of aromatic nitrogens is 2. The summed E-state index contributed by atoms with van der Waals surface area (Å²) in [5.74, 6) is 0.119. The first-order valence-electron chi connectivity index (χ1n) is 8.98. The molecule has 28 heavy (non-hydrogen) atoms. The normalized spacial score (nSPS) is 13.9. The third-order valence-electron chi connectivity index (χ3n) is 4.64. The number of carbonyl (C=O) groups excluding carboxylic acids is 1. The molecule has 8 heteroatoms. The van der Waals surface area contributed by atoms with Gasteiger partial charge >= 0.3 is 0 Å². The lowest BCUT2D eigenvalue weighted by molar-refractivity contribution is 0.0962. The second-order valence-corrected chi connectivity index (χ2v) is 8.36. The molecule has 0 spiro atoms. The summed E-state index contributed by atoms with van der Waals surface area (Å²) in [6.45, 7) is 0. The molecule has 0 aliphatic heterocycles. The third kappa shape index (κ3) is 3.50. The van der Waals surface area contributed by atoms with E-state index in [9.17, 15) is 13.2 Å². The van der Waals surface area contributed by atoms with Crippen molar-refractivity contribution >= 4 is 21.6 Å². The predicted molar refractivity (Wildman–Crippen MR) is 106 cm³/mol. The molecule has 0 atom stereocenters. The summed E-state index contributed by atoms with van der Waals surface area (Å²) in [5.41, 5.74) is 2.55. The van der Waals surface area contributed by atoms with Crippen LogP contribution in [0.5, 0.6) is 0 Å². The summed E-state index contributed by atoms with van der Waals surface area (Å²) >= 11 is 0. The SMILES string of the molecule is CNC(=O)c1cnn(-c2cccc(NS(=O)(=O)c3ccccc3)c2)c1C1CC1. The summed E-state index contributed by atoms with van der Waals surface area (Å²) in [6, 6.07) is 15.2. The van der Waals surface area contributed by atoms with E-state index in [0.29, 0.717) is 22.9 Å². The fraction of sp³-hybridized carbons (Fsp3) is 0.200. The van der Waals surface area contributed by atoms with Crippen molar-refractivity contribution in [1.82, 2.24) is 15.1 Å². The number of carbonyl (C=O) groups is 1. The van der Waals surface area contributed by atoms with Gasteiger partial charge in [-0.1, -0.05) is 24.3 Å². The molecule has 2 aromatic carbocycles. The average molecular weight is 396 g/mol. The van der Waals surface area contributed by atoms with Gasteiger partial charge < -0.3 is 5.32 Å². The van der Waals surface area contributed by atoms with Gasteiger partial charge in [-0.25, -0.2) is 13.1 Å². The van der Waals surface area contributed by atoms with E-state index in [2.05, 4.69) is 15.1 Å². The van der Waals surface area contributed by atoms with Gasteiger partial charge in [0.05, 0.1) is 33.7 Å². The van der Waals surface area contributed by atoms with Crippen molar-refractivity contribution in [1.29, 1.82) is 0 Å². The molecule has 0 saturated heterocycles. The molecule has 2 N–H and O–H groups in total. The highest BCUT2D eigenvalue weighted by atomic mass is 32.2. The third-order valence-corrected chi connectivity index (χ3v) is 6.04. The summed E-state index contributed by atoms with van der Waals surface area (Å²) in [4.78, 5) is 12.4. The number of sulfonamides is 1. The van der Waals surface area contributed by atoms with Gasteiger partial charge in [0, 0.05) is 13.0 Å². The first-order chi connectivity index (χ1) is 13.5. The van der Waals surface area contributed by atoms with Crippen LogP contribution < -0.4 is 10.0 Å². The number of benzene rings is 2. The molecule has 1 fully saturated rings. The average Bonchev–Trinajstić information content (AvgIpc) is 3.45. The number of hydrogen-bond donors (Lipinski definition) is 2. The molecule has 1 aliphatic rings. The van der Waals surface area contributed by atoms with Crippen molar-refractivity contribution in [3.8, 4) is 5.69 Å². The standard InChI is InChI=1S/C20H20N4O3S/c1-21-20(25)18-13-22-24(19(18)14-10-11-14)16-7-5-6-15(12-16)23-28(26,27)17-8-3-2-4-9-17/h2-9,12-14,23H,10-11H2,1H3,(H,21,25). The molecular weight excluding hydrogens is 376 g/mol. The molecule has 1 amide bonds. The molecule has 0 bridgehead atoms. The molecule has 1 aromatic heterocycles. The Kier molecular flexibility index (Phi) is 4.64. The van der Waals surface area contributed by atoms with Crippen LogP contribution in [0, 0.1) is 0 Å². The monoisotopic (exact) mass is 396 g/mol. The van der Waals surface area contributed by atoms with Crippen LogP contribution in [-0.4, -0.2) is 31.2 Å². The van der Waals surface area contributed by atoms with E-state index in [0.717, 1.165) is 18.5 Å². The Morgan fingerprint density at radius 2 is 1.86 bits per heavy atom. The van der Waals surface area contributed by atoms with Crippen molar-refractivity contribution in [3.05, 3.63) is 72.1 Å². The minimum absolute atomic E-state index is 0.172. The largest absolute Gasteiger partial charge is 0.355 e. The Hall–Kier alpha value is -3.13. The van der Waals surface area contributed by atoms with Crippen molar-refractivity contribution in [2.75, 3.05) is 11.8 Å². The molecule has 7 nitrogen and oxygen atoms in total. The Morgan fingerprint density at radius 1 is 1.11 bits per heavy atom. The zero-order chi connectivity index (χ0) is 19.7.